The number of hydrogen-bond acceptors (Lipinski definition) is 11. The summed E-state index contributed by atoms with van der Waals surface area (Å²) in [5, 5.41) is 13.4. The average Bonchev–Trinajstić information content (AvgIpc) is 3.46. The van der Waals surface area contributed by atoms with E-state index in [1.54, 1.807) is 7.11 Å². The molecule has 11 heteroatoms. The van der Waals surface area contributed by atoms with Gasteiger partial charge < -0.3 is 52.5 Å². The molecular weight excluding hydrogens is 933 g/mol. The lowest BCUT2D eigenvalue weighted by molar-refractivity contribution is -0.348. The predicted molar refractivity (Wildman–Crippen MR) is 279 cm³/mol. The van der Waals surface area contributed by atoms with Gasteiger partial charge in [-0.05, 0) is 44.9 Å². The van der Waals surface area contributed by atoms with Crippen molar-refractivity contribution >= 4 is 0 Å². The van der Waals surface area contributed by atoms with Crippen LogP contribution < -0.4 is 0 Å². The highest BCUT2D eigenvalue weighted by molar-refractivity contribution is 5.25. The third-order valence-electron chi connectivity index (χ3n) is 12.9. The van der Waals surface area contributed by atoms with E-state index in [1.807, 2.05) is 212 Å². The van der Waals surface area contributed by atoms with Crippen LogP contribution in [0.2, 0.25) is 0 Å². The van der Waals surface area contributed by atoms with Gasteiger partial charge in [0.25, 0.3) is 5.79 Å². The van der Waals surface area contributed by atoms with E-state index >= 15 is 0 Å². The first-order valence-corrected chi connectivity index (χ1v) is 25.2. The van der Waals surface area contributed by atoms with Crippen molar-refractivity contribution in [2.24, 2.45) is 0 Å². The summed E-state index contributed by atoms with van der Waals surface area (Å²) in [6.45, 7) is 1.46. The van der Waals surface area contributed by atoms with Crippen LogP contribution in [0.5, 0.6) is 0 Å². The smallest absolute Gasteiger partial charge is 0.261 e. The Morgan fingerprint density at radius 3 is 1.15 bits per heavy atom. The van der Waals surface area contributed by atoms with Crippen LogP contribution in [0.4, 0.5) is 0 Å². The molecule has 2 aliphatic heterocycles. The SMILES string of the molecule is CO[C@H]1O[C@H](C#C[C@]2(O)OC(COCc3ccccc3)[C@@H](OCc3ccccc3)C(OCc3ccccc3)C2OCc2ccccc2)[C@@H](OCc2ccccc2)[C@H](OCc2ccccc2)[C@H]1OCc1ccccc1. The van der Waals surface area contributed by atoms with E-state index in [9.17, 15) is 5.11 Å². The Balaban J connectivity index is 1.11. The third kappa shape index (κ3) is 14.7. The number of hydrogen-bond donors (Lipinski definition) is 1. The highest BCUT2D eigenvalue weighted by atomic mass is 16.7. The monoisotopic (exact) mass is 996 g/mol. The predicted octanol–water partition coefficient (Wildman–Crippen LogP) is 10.2. The summed E-state index contributed by atoms with van der Waals surface area (Å²) in [5.41, 5.74) is 6.54. The van der Waals surface area contributed by atoms with Crippen molar-refractivity contribution in [3.8, 4) is 11.8 Å². The molecular formula is C63H64O11. The normalized spacial score (nSPS) is 24.6. The van der Waals surface area contributed by atoms with Gasteiger partial charge in [0.1, 0.15) is 42.7 Å². The standard InChI is InChI=1S/C63H64O11/c1-65-62-60(71-44-52-33-19-7-20-34-52)58(69-42-50-29-15-5-16-30-50)56(67-40-48-25-11-3-12-26-48)54(73-62)37-38-63(64)61(72-45-53-35-21-8-22-36-53)59(70-43-51-31-17-6-18-32-51)57(68-41-49-27-13-4-14-28-49)55(74-63)46-66-39-47-23-9-2-10-24-47/h2-36,54-62,64H,39-46H2,1H3/t54-,55?,56-,57-,58+,59?,60-,61?,62+,63+/m1/s1. The summed E-state index contributed by atoms with van der Waals surface area (Å²) in [6, 6.07) is 69.0. The van der Waals surface area contributed by atoms with Crippen LogP contribution in [0.15, 0.2) is 212 Å². The van der Waals surface area contributed by atoms with Crippen molar-refractivity contribution < 1.29 is 52.5 Å². The van der Waals surface area contributed by atoms with Crippen molar-refractivity contribution in [1.82, 2.24) is 0 Å². The van der Waals surface area contributed by atoms with E-state index in [4.69, 9.17) is 47.4 Å². The first-order valence-electron chi connectivity index (χ1n) is 25.2. The van der Waals surface area contributed by atoms with Crippen molar-refractivity contribution in [3.05, 3.63) is 251 Å². The van der Waals surface area contributed by atoms with Crippen molar-refractivity contribution in [2.75, 3.05) is 13.7 Å². The number of methoxy groups -OCH3 is 1. The summed E-state index contributed by atoms with van der Waals surface area (Å²) in [4.78, 5) is 0. The van der Waals surface area contributed by atoms with Gasteiger partial charge in [-0.2, -0.15) is 0 Å². The lowest BCUT2D eigenvalue weighted by Crippen LogP contribution is -2.67. The first kappa shape index (κ1) is 52.5. The molecule has 9 rings (SSSR count). The zero-order valence-corrected chi connectivity index (χ0v) is 41.6. The van der Waals surface area contributed by atoms with Crippen LogP contribution in [0, 0.1) is 11.8 Å². The van der Waals surface area contributed by atoms with E-state index in [-0.39, 0.29) is 52.9 Å². The first-order chi connectivity index (χ1) is 36.5. The summed E-state index contributed by atoms with van der Waals surface area (Å²) in [7, 11) is 1.56. The number of benzene rings is 7. The maximum Gasteiger partial charge on any atom is 0.261 e. The van der Waals surface area contributed by atoms with E-state index < -0.39 is 60.9 Å². The van der Waals surface area contributed by atoms with Crippen LogP contribution in [-0.4, -0.2) is 79.7 Å². The van der Waals surface area contributed by atoms with Crippen LogP contribution in [0.1, 0.15) is 38.9 Å². The Labute approximate surface area is 434 Å². The second kappa shape index (κ2) is 27.3. The molecule has 3 unspecified atom stereocenters. The molecule has 382 valence electrons. The Kier molecular flexibility index (Phi) is 19.4. The van der Waals surface area contributed by atoms with E-state index in [0.717, 1.165) is 38.9 Å². The minimum Gasteiger partial charge on any atom is -0.374 e. The average molecular weight is 997 g/mol. The molecule has 2 saturated heterocycles. The molecule has 0 amide bonds. The van der Waals surface area contributed by atoms with Gasteiger partial charge in [-0.3, -0.25) is 0 Å². The van der Waals surface area contributed by atoms with Crippen molar-refractivity contribution in [1.29, 1.82) is 0 Å². The molecule has 0 aromatic heterocycles. The van der Waals surface area contributed by atoms with Crippen molar-refractivity contribution in [3.63, 3.8) is 0 Å². The molecule has 74 heavy (non-hydrogen) atoms. The summed E-state index contributed by atoms with van der Waals surface area (Å²) in [6.07, 6.45) is -8.42. The Hall–Kier alpha value is -6.34. The van der Waals surface area contributed by atoms with Crippen LogP contribution in [0.25, 0.3) is 0 Å². The quantitative estimate of drug-likeness (QED) is 0.0619. The molecule has 10 atom stereocenters. The summed E-state index contributed by atoms with van der Waals surface area (Å²) < 4.78 is 67.3. The lowest BCUT2D eigenvalue weighted by atomic mass is 9.91. The number of ether oxygens (including phenoxy) is 10. The molecule has 7 aromatic rings. The maximum absolute atomic E-state index is 13.4. The Morgan fingerprint density at radius 2 is 0.743 bits per heavy atom. The summed E-state index contributed by atoms with van der Waals surface area (Å²) in [5.74, 6) is 4.12. The zero-order chi connectivity index (χ0) is 50.6. The minimum absolute atomic E-state index is 0.0132. The minimum atomic E-state index is -2.35. The van der Waals surface area contributed by atoms with Gasteiger partial charge in [0, 0.05) is 7.11 Å². The highest BCUT2D eigenvalue weighted by Crippen LogP contribution is 2.37. The molecule has 7 aromatic carbocycles. The van der Waals surface area contributed by atoms with Gasteiger partial charge in [-0.15, -0.1) is 0 Å². The molecule has 0 radical (unpaired) electrons. The fraction of sp³-hybridized carbons (Fsp3) is 0.302. The molecule has 1 N–H and O–H groups in total. The Bertz CT molecular complexity index is 2730. The topological polar surface area (TPSA) is 113 Å². The van der Waals surface area contributed by atoms with Gasteiger partial charge >= 0.3 is 0 Å². The molecule has 2 fully saturated rings. The van der Waals surface area contributed by atoms with Crippen LogP contribution >= 0.6 is 0 Å². The maximum atomic E-state index is 13.4. The third-order valence-corrected chi connectivity index (χ3v) is 12.9. The molecule has 0 saturated carbocycles. The van der Waals surface area contributed by atoms with E-state index in [2.05, 4.69) is 11.8 Å². The second-order valence-electron chi connectivity index (χ2n) is 18.3. The Morgan fingerprint density at radius 1 is 0.405 bits per heavy atom. The largest absolute Gasteiger partial charge is 0.374 e. The zero-order valence-electron chi connectivity index (χ0n) is 41.6. The number of aliphatic hydroxyl groups is 1. The van der Waals surface area contributed by atoms with Gasteiger partial charge in [-0.25, -0.2) is 0 Å². The van der Waals surface area contributed by atoms with Crippen molar-refractivity contribution in [2.45, 2.75) is 107 Å². The second-order valence-corrected chi connectivity index (χ2v) is 18.3. The van der Waals surface area contributed by atoms with Gasteiger partial charge in [0.05, 0.1) is 52.9 Å². The molecule has 0 aliphatic carbocycles. The molecule has 2 heterocycles. The molecule has 11 nitrogen and oxygen atoms in total. The van der Waals surface area contributed by atoms with Gasteiger partial charge in [0.2, 0.25) is 0 Å². The molecule has 2 aliphatic rings. The highest BCUT2D eigenvalue weighted by Gasteiger charge is 2.57. The number of rotatable bonds is 23. The lowest BCUT2D eigenvalue weighted by Gasteiger charge is -2.48. The molecule has 0 spiro atoms. The fourth-order valence-corrected chi connectivity index (χ4v) is 9.09. The van der Waals surface area contributed by atoms with E-state index in [1.165, 1.54) is 0 Å². The van der Waals surface area contributed by atoms with Gasteiger partial charge in [-0.1, -0.05) is 218 Å². The fourth-order valence-electron chi connectivity index (χ4n) is 9.09. The van der Waals surface area contributed by atoms with Crippen LogP contribution in [0.3, 0.4) is 0 Å². The van der Waals surface area contributed by atoms with E-state index in [0.29, 0.717) is 0 Å². The summed E-state index contributed by atoms with van der Waals surface area (Å²) >= 11 is 0. The van der Waals surface area contributed by atoms with Gasteiger partial charge in [0.15, 0.2) is 12.4 Å². The molecule has 0 bridgehead atoms. The van der Waals surface area contributed by atoms with Crippen LogP contribution in [-0.2, 0) is 93.6 Å².